The highest BCUT2D eigenvalue weighted by Gasteiger charge is 2.53. The zero-order chi connectivity index (χ0) is 18.9. The lowest BCUT2D eigenvalue weighted by atomic mass is 9.98. The summed E-state index contributed by atoms with van der Waals surface area (Å²) in [7, 11) is -0.353. The third-order valence-electron chi connectivity index (χ3n) is 3.19. The molecule has 0 aliphatic heterocycles. The molecular weight excluding hydrogens is 717 g/mol. The van der Waals surface area contributed by atoms with E-state index in [0.29, 0.717) is 10.7 Å². The Labute approximate surface area is 189 Å². The van der Waals surface area contributed by atoms with Crippen molar-refractivity contribution in [2.75, 3.05) is 24.8 Å². The quantitative estimate of drug-likeness (QED) is 0.183. The van der Waals surface area contributed by atoms with Crippen molar-refractivity contribution in [3.05, 3.63) is 0 Å². The predicted octanol–water partition coefficient (Wildman–Crippen LogP) is 7.42. The molecule has 0 fully saturated rings. The Kier molecular flexibility index (Phi) is 10.2. The Bertz CT molecular complexity index is 422. The summed E-state index contributed by atoms with van der Waals surface area (Å²) in [5.74, 6) is 0. The van der Waals surface area contributed by atoms with Gasteiger partial charge >= 0.3 is 7.75 Å². The van der Waals surface area contributed by atoms with Gasteiger partial charge in [0.1, 0.15) is 0 Å². The molecule has 0 rings (SSSR count). The summed E-state index contributed by atoms with van der Waals surface area (Å²) in [6.07, 6.45) is 0. The lowest BCUT2D eigenvalue weighted by Crippen LogP contribution is -2.41. The molecule has 0 atom stereocenters. The van der Waals surface area contributed by atoms with Crippen LogP contribution in [-0.4, -0.2) is 36.3 Å². The topological polar surface area (TPSA) is 38.8 Å². The van der Waals surface area contributed by atoms with Gasteiger partial charge in [-0.3, -0.25) is 9.05 Å². The van der Waals surface area contributed by atoms with E-state index in [-0.39, 0.29) is 0 Å². The maximum Gasteiger partial charge on any atom is 0.411 e. The first-order valence-electron chi connectivity index (χ1n) is 6.55. The fraction of sp³-hybridized carbons (Fsp3) is 1.00. The molecule has 0 aromatic rings. The third kappa shape index (κ3) is 6.53. The number of alkyl halides is 6. The molecule has 4 nitrogen and oxygen atoms in total. The molecule has 140 valence electrons. The van der Waals surface area contributed by atoms with E-state index in [9.17, 15) is 4.57 Å². The van der Waals surface area contributed by atoms with E-state index >= 15 is 0 Å². The second-order valence-corrected chi connectivity index (χ2v) is 16.4. The fourth-order valence-electron chi connectivity index (χ4n) is 0.874. The van der Waals surface area contributed by atoms with Gasteiger partial charge in [0.05, 0.1) is 0 Å². The first kappa shape index (κ1) is 26.0. The van der Waals surface area contributed by atoms with Gasteiger partial charge in [0.25, 0.3) is 0 Å². The monoisotopic (exact) mass is 733 g/mol. The molecule has 0 aliphatic carbocycles. The number of halogens is 6. The molecule has 0 saturated carbocycles. The largest absolute Gasteiger partial charge is 0.411 e. The van der Waals surface area contributed by atoms with Gasteiger partial charge in [-0.2, -0.15) is 0 Å². The van der Waals surface area contributed by atoms with E-state index < -0.39 is 25.4 Å². The minimum absolute atomic E-state index is 0.408. The van der Waals surface area contributed by atoms with Gasteiger partial charge in [0, 0.05) is 21.5 Å². The van der Waals surface area contributed by atoms with Crippen LogP contribution in [0.5, 0.6) is 0 Å². The zero-order valence-corrected chi connectivity index (χ0v) is 24.2. The highest BCUT2D eigenvalue weighted by Crippen LogP contribution is 2.65. The molecule has 23 heavy (non-hydrogen) atoms. The van der Waals surface area contributed by atoms with E-state index in [4.69, 9.17) is 9.05 Å². The van der Waals surface area contributed by atoms with Crippen LogP contribution in [0.1, 0.15) is 27.7 Å². The normalized spacial score (nSPS) is 15.3. The highest BCUT2D eigenvalue weighted by molar-refractivity contribution is 9.25. The highest BCUT2D eigenvalue weighted by atomic mass is 79.9. The van der Waals surface area contributed by atoms with Crippen LogP contribution in [0.3, 0.4) is 0 Å². The summed E-state index contributed by atoms with van der Waals surface area (Å²) in [5.41, 5.74) is -0.817. The lowest BCUT2D eigenvalue weighted by Gasteiger charge is -2.43. The fourth-order valence-corrected chi connectivity index (χ4v) is 7.36. The zero-order valence-electron chi connectivity index (χ0n) is 13.8. The third-order valence-corrected chi connectivity index (χ3v) is 13.9. The van der Waals surface area contributed by atoms with E-state index in [1.165, 1.54) is 4.67 Å². The van der Waals surface area contributed by atoms with Crippen molar-refractivity contribution < 1.29 is 13.6 Å². The summed E-state index contributed by atoms with van der Waals surface area (Å²) < 4.78 is 24.6. The molecule has 0 saturated heterocycles. The lowest BCUT2D eigenvalue weighted by molar-refractivity contribution is 0.0626. The summed E-state index contributed by atoms with van der Waals surface area (Å²) in [5, 5.41) is 1.23. The summed E-state index contributed by atoms with van der Waals surface area (Å²) in [6, 6.07) is 0. The second-order valence-electron chi connectivity index (χ2n) is 6.57. The van der Waals surface area contributed by atoms with Crippen LogP contribution in [0.2, 0.25) is 0 Å². The SMILES string of the molecule is CN(C)P(=O)(OC(Br)(Br)C(C)(C)CBr)OC(Br)(Br)C(C)(C)CBr. The van der Waals surface area contributed by atoms with Crippen molar-refractivity contribution in [1.29, 1.82) is 0 Å². The molecule has 0 unspecified atom stereocenters. The van der Waals surface area contributed by atoms with Crippen LogP contribution in [0, 0.1) is 10.8 Å². The average Bonchev–Trinajstić information content (AvgIpc) is 2.36. The summed E-state index contributed by atoms with van der Waals surface area (Å²) in [6.45, 7) is 7.85. The Balaban J connectivity index is 5.68. The van der Waals surface area contributed by atoms with Gasteiger partial charge < -0.3 is 0 Å². The van der Waals surface area contributed by atoms with Crippen LogP contribution in [0.25, 0.3) is 0 Å². The average molecular weight is 739 g/mol. The van der Waals surface area contributed by atoms with Gasteiger partial charge in [-0.15, -0.1) is 0 Å². The molecule has 11 heteroatoms. The Morgan fingerprint density at radius 3 is 1.26 bits per heavy atom. The summed E-state index contributed by atoms with van der Waals surface area (Å²) in [4.78, 5) is 0. The number of hydrogen-bond donors (Lipinski definition) is 0. The Hall–Kier alpha value is 2.99. The van der Waals surface area contributed by atoms with Crippen molar-refractivity contribution in [2.24, 2.45) is 10.8 Å². The van der Waals surface area contributed by atoms with Crippen molar-refractivity contribution in [3.8, 4) is 0 Å². The van der Waals surface area contributed by atoms with Gasteiger partial charge in [-0.25, -0.2) is 9.24 Å². The van der Waals surface area contributed by atoms with Gasteiger partial charge in [-0.1, -0.05) is 59.6 Å². The number of hydrogen-bond acceptors (Lipinski definition) is 3. The molecule has 0 aliphatic rings. The van der Waals surface area contributed by atoms with Gasteiger partial charge in [-0.05, 0) is 77.8 Å². The van der Waals surface area contributed by atoms with E-state index in [1.54, 1.807) is 14.1 Å². The van der Waals surface area contributed by atoms with Crippen molar-refractivity contribution in [1.82, 2.24) is 4.67 Å². The maximum absolute atomic E-state index is 13.4. The molecule has 0 N–H and O–H groups in total. The van der Waals surface area contributed by atoms with Crippen LogP contribution < -0.4 is 0 Å². The van der Waals surface area contributed by atoms with E-state index in [1.807, 2.05) is 27.7 Å². The van der Waals surface area contributed by atoms with Crippen molar-refractivity contribution in [2.45, 2.75) is 34.5 Å². The predicted molar refractivity (Wildman–Crippen MR) is 120 cm³/mol. The van der Waals surface area contributed by atoms with Crippen molar-refractivity contribution in [3.63, 3.8) is 0 Å². The summed E-state index contributed by atoms with van der Waals surface area (Å²) >= 11 is 20.8. The minimum atomic E-state index is -3.65. The molecule has 0 heterocycles. The van der Waals surface area contributed by atoms with E-state index in [0.717, 1.165) is 0 Å². The molecule has 0 radical (unpaired) electrons. The molecule has 0 spiro atoms. The standard InChI is InChI=1S/C12H22Br6NO3P/c1-9(2,7-13)11(15,16)21-23(20,19(5)6)22-12(17,18)10(3,4)8-14/h7-8H2,1-6H3. The molecule has 0 aromatic heterocycles. The first-order chi connectivity index (χ1) is 9.98. The molecule has 0 aromatic carbocycles. The molecule has 0 bridgehead atoms. The smallest absolute Gasteiger partial charge is 0.267 e. The maximum atomic E-state index is 13.4. The Morgan fingerprint density at radius 2 is 1.09 bits per heavy atom. The Morgan fingerprint density at radius 1 is 0.826 bits per heavy atom. The number of nitrogens with zero attached hydrogens (tertiary/aromatic N) is 1. The van der Waals surface area contributed by atoms with Gasteiger partial charge in [0.2, 0.25) is 0 Å². The molecule has 0 amide bonds. The van der Waals surface area contributed by atoms with Crippen LogP contribution >= 0.6 is 103 Å². The van der Waals surface area contributed by atoms with Crippen LogP contribution in [0.15, 0.2) is 0 Å². The minimum Gasteiger partial charge on any atom is -0.267 e. The first-order valence-corrected chi connectivity index (χ1v) is 13.5. The van der Waals surface area contributed by atoms with Crippen LogP contribution in [0.4, 0.5) is 0 Å². The second kappa shape index (κ2) is 8.99. The van der Waals surface area contributed by atoms with Gasteiger partial charge in [0.15, 0.2) is 6.84 Å². The molecular formula is C12H22Br6NO3P. The van der Waals surface area contributed by atoms with E-state index in [2.05, 4.69) is 95.6 Å². The van der Waals surface area contributed by atoms with Crippen LogP contribution in [-0.2, 0) is 13.6 Å². The van der Waals surface area contributed by atoms with Crippen molar-refractivity contribution >= 4 is 103 Å². The number of rotatable bonds is 9.